The Morgan fingerprint density at radius 2 is 1.71 bits per heavy atom. The Labute approximate surface area is 230 Å². The van der Waals surface area contributed by atoms with Gasteiger partial charge in [-0.05, 0) is 80.2 Å². The number of anilines is 2. The Hall–Kier alpha value is -3.73. The molecule has 0 radical (unpaired) electrons. The summed E-state index contributed by atoms with van der Waals surface area (Å²) in [6, 6.07) is 14.2. The van der Waals surface area contributed by atoms with Crippen LogP contribution in [0.3, 0.4) is 0 Å². The first-order chi connectivity index (χ1) is 18.2. The summed E-state index contributed by atoms with van der Waals surface area (Å²) in [4.78, 5) is 30.2. The Bertz CT molecular complexity index is 1480. The zero-order chi connectivity index (χ0) is 27.1. The highest BCUT2D eigenvalue weighted by molar-refractivity contribution is 7.80. The quantitative estimate of drug-likeness (QED) is 0.189. The second-order valence-corrected chi connectivity index (χ2v) is 9.98. The molecular weight excluding hydrogens is 526 g/mol. The number of nitro groups is 1. The van der Waals surface area contributed by atoms with Crippen molar-refractivity contribution in [1.82, 2.24) is 9.47 Å². The summed E-state index contributed by atoms with van der Waals surface area (Å²) in [5.41, 5.74) is 4.92. The zero-order valence-electron chi connectivity index (χ0n) is 21.2. The second kappa shape index (κ2) is 10.2. The number of ether oxygens (including phenoxy) is 1. The fourth-order valence-electron chi connectivity index (χ4n) is 4.92. The van der Waals surface area contributed by atoms with Crippen LogP contribution in [0.25, 0.3) is 11.8 Å². The molecule has 0 saturated carbocycles. The smallest absolute Gasteiger partial charge is 0.294 e. The number of thiocarbonyl (C=S) groups is 1. The average molecular weight is 552 g/mol. The van der Waals surface area contributed by atoms with Crippen LogP contribution in [0, 0.1) is 24.0 Å². The van der Waals surface area contributed by atoms with Crippen molar-refractivity contribution in [3.05, 3.63) is 86.3 Å². The number of hydrogen-bond acceptors (Lipinski definition) is 6. The van der Waals surface area contributed by atoms with Gasteiger partial charge in [0.1, 0.15) is 11.4 Å². The average Bonchev–Trinajstić information content (AvgIpc) is 3.30. The third-order valence-electron chi connectivity index (χ3n) is 6.87. The molecule has 2 aromatic carbocycles. The lowest BCUT2D eigenvalue weighted by molar-refractivity contribution is -0.384. The standard InChI is InChI=1S/C27H26ClN5O4S/c1-17-14-19(15-25-26(34)32(27(38)29(25)3)21-6-4-20(28)5-7-21)18(2)31(17)22-8-9-23(24(16-22)33(35)36)30-10-12-37-13-11-30/h4-9,14-16H,10-13H2,1-3H3/b25-15-. The van der Waals surface area contributed by atoms with E-state index < -0.39 is 0 Å². The SMILES string of the molecule is Cc1cc(/C=C2/C(=O)N(c3ccc(Cl)cc3)C(=S)N2C)c(C)n1-c1ccc(N2CCOCC2)c([N+](=O)[O-])c1. The highest BCUT2D eigenvalue weighted by atomic mass is 35.5. The van der Waals surface area contributed by atoms with E-state index in [4.69, 9.17) is 28.6 Å². The van der Waals surface area contributed by atoms with Crippen molar-refractivity contribution in [2.24, 2.45) is 0 Å². The molecule has 1 amide bonds. The van der Waals surface area contributed by atoms with E-state index in [2.05, 4.69) is 0 Å². The maximum atomic E-state index is 13.4. The van der Waals surface area contributed by atoms with Crippen LogP contribution in [0.15, 0.2) is 54.2 Å². The monoisotopic (exact) mass is 551 g/mol. The molecule has 2 saturated heterocycles. The molecule has 11 heteroatoms. The Balaban J connectivity index is 1.51. The summed E-state index contributed by atoms with van der Waals surface area (Å²) >= 11 is 11.6. The molecule has 2 aliphatic heterocycles. The summed E-state index contributed by atoms with van der Waals surface area (Å²) in [5, 5.41) is 12.9. The van der Waals surface area contributed by atoms with Crippen LogP contribution in [-0.2, 0) is 9.53 Å². The lowest BCUT2D eigenvalue weighted by Crippen LogP contribution is -2.36. The summed E-state index contributed by atoms with van der Waals surface area (Å²) in [6.45, 7) is 6.15. The number of morpholine rings is 1. The lowest BCUT2D eigenvalue weighted by Gasteiger charge is -2.28. The minimum atomic E-state index is -0.343. The predicted octanol–water partition coefficient (Wildman–Crippen LogP) is 5.10. The van der Waals surface area contributed by atoms with E-state index >= 15 is 0 Å². The van der Waals surface area contributed by atoms with Crippen molar-refractivity contribution < 1.29 is 14.5 Å². The van der Waals surface area contributed by atoms with Crippen molar-refractivity contribution in [2.75, 3.05) is 43.2 Å². The number of carbonyl (C=O) groups is 1. The van der Waals surface area contributed by atoms with Gasteiger partial charge in [0.05, 0.1) is 29.5 Å². The molecule has 9 nitrogen and oxygen atoms in total. The van der Waals surface area contributed by atoms with Crippen LogP contribution in [0.4, 0.5) is 17.1 Å². The van der Waals surface area contributed by atoms with E-state index in [-0.39, 0.29) is 16.5 Å². The number of nitrogens with zero attached hydrogens (tertiary/aromatic N) is 5. The van der Waals surface area contributed by atoms with Gasteiger partial charge in [-0.3, -0.25) is 19.8 Å². The van der Waals surface area contributed by atoms with Crippen molar-refractivity contribution in [2.45, 2.75) is 13.8 Å². The number of aryl methyl sites for hydroxylation is 1. The van der Waals surface area contributed by atoms with E-state index in [1.165, 1.54) is 4.90 Å². The number of carbonyl (C=O) groups excluding carboxylic acids is 1. The zero-order valence-corrected chi connectivity index (χ0v) is 22.8. The third-order valence-corrected chi connectivity index (χ3v) is 7.58. The summed E-state index contributed by atoms with van der Waals surface area (Å²) in [6.07, 6.45) is 1.81. The Kier molecular flexibility index (Phi) is 6.95. The van der Waals surface area contributed by atoms with E-state index in [9.17, 15) is 14.9 Å². The first-order valence-electron chi connectivity index (χ1n) is 12.1. The number of rotatable bonds is 5. The van der Waals surface area contributed by atoms with Gasteiger partial charge in [0.2, 0.25) is 0 Å². The molecule has 0 aliphatic carbocycles. The summed E-state index contributed by atoms with van der Waals surface area (Å²) in [5.74, 6) is -0.241. The molecule has 0 N–H and O–H groups in total. The van der Waals surface area contributed by atoms with Gasteiger partial charge in [0.25, 0.3) is 11.6 Å². The molecule has 3 heterocycles. The molecule has 0 unspecified atom stereocenters. The van der Waals surface area contributed by atoms with Crippen LogP contribution in [0.2, 0.25) is 5.02 Å². The number of nitro benzene ring substituents is 1. The molecule has 0 bridgehead atoms. The van der Waals surface area contributed by atoms with Gasteiger partial charge >= 0.3 is 0 Å². The van der Waals surface area contributed by atoms with Gasteiger partial charge in [0, 0.05) is 42.6 Å². The van der Waals surface area contributed by atoms with Crippen molar-refractivity contribution >= 4 is 58.0 Å². The van der Waals surface area contributed by atoms with Crippen molar-refractivity contribution in [1.29, 1.82) is 0 Å². The molecule has 2 fully saturated rings. The fraction of sp³-hybridized carbons (Fsp3) is 0.259. The second-order valence-electron chi connectivity index (χ2n) is 9.18. The third kappa shape index (κ3) is 4.55. The molecule has 5 rings (SSSR count). The highest BCUT2D eigenvalue weighted by Crippen LogP contribution is 2.34. The molecular formula is C27H26ClN5O4S. The van der Waals surface area contributed by atoms with Crippen molar-refractivity contribution in [3.63, 3.8) is 0 Å². The maximum Gasteiger partial charge on any atom is 0.294 e. The van der Waals surface area contributed by atoms with Gasteiger partial charge in [-0.1, -0.05) is 11.6 Å². The molecule has 0 spiro atoms. The van der Waals surface area contributed by atoms with Crippen molar-refractivity contribution in [3.8, 4) is 5.69 Å². The van der Waals surface area contributed by atoms with E-state index in [1.54, 1.807) is 54.4 Å². The van der Waals surface area contributed by atoms with Crippen LogP contribution < -0.4 is 9.80 Å². The number of benzene rings is 2. The first kappa shape index (κ1) is 25.9. The lowest BCUT2D eigenvalue weighted by atomic mass is 10.2. The Morgan fingerprint density at radius 3 is 2.37 bits per heavy atom. The molecule has 0 atom stereocenters. The van der Waals surface area contributed by atoms with Gasteiger partial charge in [0.15, 0.2) is 5.11 Å². The first-order valence-corrected chi connectivity index (χ1v) is 12.9. The number of likely N-dealkylation sites (N-methyl/N-ethyl adjacent to an activating group) is 1. The molecule has 1 aromatic heterocycles. The van der Waals surface area contributed by atoms with E-state index in [0.717, 1.165) is 17.0 Å². The Morgan fingerprint density at radius 1 is 1.05 bits per heavy atom. The molecule has 196 valence electrons. The number of hydrogen-bond donors (Lipinski definition) is 0. The van der Waals surface area contributed by atoms with Gasteiger partial charge in [-0.25, -0.2) is 0 Å². The van der Waals surface area contributed by atoms with Crippen LogP contribution >= 0.6 is 23.8 Å². The number of halogens is 1. The van der Waals surface area contributed by atoms with Gasteiger partial charge in [-0.2, -0.15) is 0 Å². The van der Waals surface area contributed by atoms with Crippen LogP contribution in [0.5, 0.6) is 0 Å². The summed E-state index contributed by atoms with van der Waals surface area (Å²) < 4.78 is 7.35. The van der Waals surface area contributed by atoms with Crippen LogP contribution in [0.1, 0.15) is 17.0 Å². The number of amides is 1. The minimum Gasteiger partial charge on any atom is -0.378 e. The largest absolute Gasteiger partial charge is 0.378 e. The molecule has 2 aliphatic rings. The normalized spacial score (nSPS) is 17.2. The van der Waals surface area contributed by atoms with E-state index in [1.807, 2.05) is 35.4 Å². The summed E-state index contributed by atoms with van der Waals surface area (Å²) in [7, 11) is 1.76. The minimum absolute atomic E-state index is 0.0477. The van der Waals surface area contributed by atoms with Gasteiger partial charge < -0.3 is 19.1 Å². The van der Waals surface area contributed by atoms with Gasteiger partial charge in [-0.15, -0.1) is 0 Å². The fourth-order valence-corrected chi connectivity index (χ4v) is 5.33. The molecule has 3 aromatic rings. The highest BCUT2D eigenvalue weighted by Gasteiger charge is 2.37. The topological polar surface area (TPSA) is 84.1 Å². The maximum absolute atomic E-state index is 13.4. The number of aromatic nitrogens is 1. The predicted molar refractivity (Wildman–Crippen MR) is 152 cm³/mol. The van der Waals surface area contributed by atoms with E-state index in [0.29, 0.717) is 59.2 Å². The molecule has 38 heavy (non-hydrogen) atoms. The van der Waals surface area contributed by atoms with Crippen LogP contribution in [-0.4, -0.2) is 58.8 Å².